The van der Waals surface area contributed by atoms with Crippen LogP contribution in [0.25, 0.3) is 0 Å². The van der Waals surface area contributed by atoms with Gasteiger partial charge in [0.2, 0.25) is 5.91 Å². The van der Waals surface area contributed by atoms with Crippen molar-refractivity contribution in [1.29, 1.82) is 0 Å². The molecule has 1 amide bonds. The number of benzene rings is 1. The Labute approximate surface area is 119 Å². The summed E-state index contributed by atoms with van der Waals surface area (Å²) < 4.78 is 5.46. The van der Waals surface area contributed by atoms with Crippen molar-refractivity contribution in [2.75, 3.05) is 25.6 Å². The van der Waals surface area contributed by atoms with Crippen molar-refractivity contribution in [2.24, 2.45) is 0 Å². The van der Waals surface area contributed by atoms with Gasteiger partial charge in [0.15, 0.2) is 0 Å². The van der Waals surface area contributed by atoms with Crippen LogP contribution >= 0.6 is 11.6 Å². The minimum absolute atomic E-state index is 0.0154. The summed E-state index contributed by atoms with van der Waals surface area (Å²) in [5.41, 5.74) is 2.45. The topological polar surface area (TPSA) is 29.5 Å². The molecule has 1 saturated heterocycles. The van der Waals surface area contributed by atoms with Crippen LogP contribution in [0.15, 0.2) is 24.3 Å². The van der Waals surface area contributed by atoms with Gasteiger partial charge < -0.3 is 9.64 Å². The molecular weight excluding hydrogens is 262 g/mol. The first-order valence-corrected chi connectivity index (χ1v) is 7.23. The number of morpholine rings is 1. The zero-order chi connectivity index (χ0) is 13.7. The van der Waals surface area contributed by atoms with Gasteiger partial charge in [0.05, 0.1) is 18.6 Å². The molecule has 0 radical (unpaired) electrons. The molecule has 2 rings (SSSR count). The largest absolute Gasteiger partial charge is 0.373 e. The smallest absolute Gasteiger partial charge is 0.223 e. The zero-order valence-electron chi connectivity index (χ0n) is 11.3. The fourth-order valence-corrected chi connectivity index (χ4v) is 2.50. The number of alkyl halides is 1. The summed E-state index contributed by atoms with van der Waals surface area (Å²) >= 11 is 5.78. The third kappa shape index (κ3) is 4.22. The van der Waals surface area contributed by atoms with Crippen LogP contribution < -0.4 is 0 Å². The Bertz CT molecular complexity index is 436. The summed E-state index contributed by atoms with van der Waals surface area (Å²) in [6, 6.07) is 8.31. The lowest BCUT2D eigenvalue weighted by Gasteiger charge is -2.32. The summed E-state index contributed by atoms with van der Waals surface area (Å²) in [5.74, 6) is 0.640. The zero-order valence-corrected chi connectivity index (χ0v) is 12.0. The fourth-order valence-electron chi connectivity index (χ4n) is 2.32. The quantitative estimate of drug-likeness (QED) is 0.793. The van der Waals surface area contributed by atoms with E-state index in [4.69, 9.17) is 16.3 Å². The molecule has 1 aromatic carbocycles. The van der Waals surface area contributed by atoms with Crippen LogP contribution in [-0.2, 0) is 16.0 Å². The summed E-state index contributed by atoms with van der Waals surface area (Å²) in [5, 5.41) is 0. The average Bonchev–Trinajstić information content (AvgIpc) is 2.45. The van der Waals surface area contributed by atoms with Crippen LogP contribution in [0.2, 0.25) is 0 Å². The molecule has 0 saturated carbocycles. The molecule has 0 spiro atoms. The molecule has 1 aromatic rings. The number of aryl methyl sites for hydroxylation is 2. The molecule has 104 valence electrons. The first kappa shape index (κ1) is 14.4. The SMILES string of the molecule is Cc1cccc(CCC(=O)N2CCOC(CCl)C2)c1. The molecule has 0 N–H and O–H groups in total. The van der Waals surface area contributed by atoms with Gasteiger partial charge in [-0.2, -0.15) is 0 Å². The number of nitrogens with zero attached hydrogens (tertiary/aromatic N) is 1. The second-order valence-corrected chi connectivity index (χ2v) is 5.28. The summed E-state index contributed by atoms with van der Waals surface area (Å²) in [7, 11) is 0. The van der Waals surface area contributed by atoms with Crippen LogP contribution in [0.4, 0.5) is 0 Å². The van der Waals surface area contributed by atoms with Gasteiger partial charge in [-0.15, -0.1) is 11.6 Å². The highest BCUT2D eigenvalue weighted by Gasteiger charge is 2.23. The number of hydrogen-bond acceptors (Lipinski definition) is 2. The molecule has 4 heteroatoms. The van der Waals surface area contributed by atoms with Gasteiger partial charge in [-0.3, -0.25) is 4.79 Å². The lowest BCUT2D eigenvalue weighted by Crippen LogP contribution is -2.46. The minimum Gasteiger partial charge on any atom is -0.373 e. The number of amides is 1. The van der Waals surface area contributed by atoms with E-state index in [0.29, 0.717) is 32.0 Å². The molecule has 1 aliphatic rings. The van der Waals surface area contributed by atoms with Crippen LogP contribution in [0.1, 0.15) is 17.5 Å². The number of ether oxygens (including phenoxy) is 1. The number of halogens is 1. The molecule has 1 heterocycles. The van der Waals surface area contributed by atoms with Crippen LogP contribution in [0.5, 0.6) is 0 Å². The van der Waals surface area contributed by atoms with Crippen molar-refractivity contribution in [3.05, 3.63) is 35.4 Å². The van der Waals surface area contributed by atoms with Gasteiger partial charge >= 0.3 is 0 Å². The Morgan fingerprint density at radius 2 is 2.37 bits per heavy atom. The normalized spacial score (nSPS) is 19.5. The van der Waals surface area contributed by atoms with Gasteiger partial charge in [-0.25, -0.2) is 0 Å². The van der Waals surface area contributed by atoms with Gasteiger partial charge in [0.25, 0.3) is 0 Å². The Balaban J connectivity index is 1.84. The van der Waals surface area contributed by atoms with E-state index in [0.717, 1.165) is 6.42 Å². The summed E-state index contributed by atoms with van der Waals surface area (Å²) in [4.78, 5) is 14.0. The lowest BCUT2D eigenvalue weighted by atomic mass is 10.1. The maximum absolute atomic E-state index is 12.1. The van der Waals surface area contributed by atoms with Crippen LogP contribution in [0, 0.1) is 6.92 Å². The third-order valence-corrected chi connectivity index (χ3v) is 3.72. The number of rotatable bonds is 4. The van der Waals surface area contributed by atoms with E-state index in [1.54, 1.807) is 0 Å². The van der Waals surface area contributed by atoms with Gasteiger partial charge in [0.1, 0.15) is 0 Å². The molecule has 19 heavy (non-hydrogen) atoms. The predicted octanol–water partition coefficient (Wildman–Crippen LogP) is 2.39. The maximum Gasteiger partial charge on any atom is 0.223 e. The first-order valence-electron chi connectivity index (χ1n) is 6.70. The summed E-state index contributed by atoms with van der Waals surface area (Å²) in [6.45, 7) is 3.96. The van der Waals surface area contributed by atoms with E-state index < -0.39 is 0 Å². The van der Waals surface area contributed by atoms with Crippen molar-refractivity contribution in [2.45, 2.75) is 25.9 Å². The van der Waals surface area contributed by atoms with Crippen LogP contribution in [0.3, 0.4) is 0 Å². The van der Waals surface area contributed by atoms with E-state index >= 15 is 0 Å². The highest BCUT2D eigenvalue weighted by Crippen LogP contribution is 2.11. The molecule has 1 aliphatic heterocycles. The van der Waals surface area contributed by atoms with E-state index in [1.807, 2.05) is 11.0 Å². The van der Waals surface area contributed by atoms with Gasteiger partial charge in [-0.05, 0) is 18.9 Å². The lowest BCUT2D eigenvalue weighted by molar-refractivity contribution is -0.137. The molecule has 0 bridgehead atoms. The van der Waals surface area contributed by atoms with Gasteiger partial charge in [0, 0.05) is 19.5 Å². The van der Waals surface area contributed by atoms with Crippen molar-refractivity contribution >= 4 is 17.5 Å². The minimum atomic E-state index is -0.0154. The summed E-state index contributed by atoms with van der Waals surface area (Å²) in [6.07, 6.45) is 1.33. The predicted molar refractivity (Wildman–Crippen MR) is 76.5 cm³/mol. The Morgan fingerprint density at radius 3 is 3.11 bits per heavy atom. The molecular formula is C15H20ClNO2. The number of hydrogen-bond donors (Lipinski definition) is 0. The molecule has 1 atom stereocenters. The maximum atomic E-state index is 12.1. The van der Waals surface area contributed by atoms with E-state index in [2.05, 4.69) is 25.1 Å². The van der Waals surface area contributed by atoms with Crippen molar-refractivity contribution < 1.29 is 9.53 Å². The van der Waals surface area contributed by atoms with Crippen molar-refractivity contribution in [3.8, 4) is 0 Å². The highest BCUT2D eigenvalue weighted by atomic mass is 35.5. The second-order valence-electron chi connectivity index (χ2n) is 4.98. The fraction of sp³-hybridized carbons (Fsp3) is 0.533. The third-order valence-electron chi connectivity index (χ3n) is 3.37. The monoisotopic (exact) mass is 281 g/mol. The molecule has 0 aromatic heterocycles. The second kappa shape index (κ2) is 6.92. The van der Waals surface area contributed by atoms with Gasteiger partial charge in [-0.1, -0.05) is 29.8 Å². The Morgan fingerprint density at radius 1 is 1.53 bits per heavy atom. The Kier molecular flexibility index (Phi) is 5.23. The standard InChI is InChI=1S/C15H20ClNO2/c1-12-3-2-4-13(9-12)5-6-15(18)17-7-8-19-14(10-16)11-17/h2-4,9,14H,5-8,10-11H2,1H3. The number of carbonyl (C=O) groups excluding carboxylic acids is 1. The highest BCUT2D eigenvalue weighted by molar-refractivity contribution is 6.18. The molecule has 1 fully saturated rings. The number of carbonyl (C=O) groups is 1. The molecule has 0 aliphatic carbocycles. The van der Waals surface area contributed by atoms with E-state index in [1.165, 1.54) is 11.1 Å². The van der Waals surface area contributed by atoms with E-state index in [-0.39, 0.29) is 12.0 Å². The van der Waals surface area contributed by atoms with E-state index in [9.17, 15) is 4.79 Å². The molecule has 1 unspecified atom stereocenters. The molecule has 3 nitrogen and oxygen atoms in total. The first-order chi connectivity index (χ1) is 9.19. The average molecular weight is 282 g/mol. The van der Waals surface area contributed by atoms with Crippen molar-refractivity contribution in [3.63, 3.8) is 0 Å². The van der Waals surface area contributed by atoms with Crippen molar-refractivity contribution in [1.82, 2.24) is 4.90 Å². The Hall–Kier alpha value is -1.06. The van der Waals surface area contributed by atoms with Crippen LogP contribution in [-0.4, -0.2) is 42.5 Å².